The fraction of sp³-hybridized carbons (Fsp3) is 0.923. The van der Waals surface area contributed by atoms with E-state index in [9.17, 15) is 13.2 Å². The van der Waals surface area contributed by atoms with E-state index in [2.05, 4.69) is 4.72 Å². The highest BCUT2D eigenvalue weighted by atomic mass is 32.2. The number of nitrogens with one attached hydrogen (secondary N) is 1. The van der Waals surface area contributed by atoms with Crippen LogP contribution in [0.25, 0.3) is 0 Å². The van der Waals surface area contributed by atoms with Gasteiger partial charge in [-0.25, -0.2) is 13.1 Å². The highest BCUT2D eigenvalue weighted by molar-refractivity contribution is 7.89. The highest BCUT2D eigenvalue weighted by Crippen LogP contribution is 2.32. The first-order valence-corrected chi connectivity index (χ1v) is 9.05. The molecule has 1 aliphatic heterocycles. The molecule has 0 atom stereocenters. The van der Waals surface area contributed by atoms with Crippen LogP contribution in [0.5, 0.6) is 0 Å². The molecule has 1 saturated carbocycles. The molecule has 2 fully saturated rings. The molecule has 1 aliphatic carbocycles. The minimum absolute atomic E-state index is 0.0421. The normalized spacial score (nSPS) is 23.4. The van der Waals surface area contributed by atoms with Crippen molar-refractivity contribution in [3.63, 3.8) is 0 Å². The van der Waals surface area contributed by atoms with Gasteiger partial charge in [-0.05, 0) is 39.0 Å². The molecule has 0 aromatic heterocycles. The molecule has 1 heterocycles. The summed E-state index contributed by atoms with van der Waals surface area (Å²) < 4.78 is 25.7. The number of sulfonamides is 1. The van der Waals surface area contributed by atoms with Crippen LogP contribution in [-0.4, -0.2) is 49.6 Å². The smallest absolute Gasteiger partial charge is 0.224 e. The summed E-state index contributed by atoms with van der Waals surface area (Å²) in [6.07, 6.45) is 4.78. The molecule has 0 spiro atoms. The Hall–Kier alpha value is -0.660. The van der Waals surface area contributed by atoms with Crippen molar-refractivity contribution in [2.45, 2.75) is 57.0 Å². The summed E-state index contributed by atoms with van der Waals surface area (Å²) in [6.45, 7) is 2.86. The van der Waals surface area contributed by atoms with Crippen molar-refractivity contribution in [2.24, 2.45) is 5.73 Å². The van der Waals surface area contributed by atoms with Crippen LogP contribution in [0.15, 0.2) is 0 Å². The Kier molecular flexibility index (Phi) is 4.71. The summed E-state index contributed by atoms with van der Waals surface area (Å²) in [6, 6.07) is -0.0421. The molecule has 20 heavy (non-hydrogen) atoms. The zero-order valence-corrected chi connectivity index (χ0v) is 12.9. The van der Waals surface area contributed by atoms with Crippen LogP contribution in [0.2, 0.25) is 0 Å². The van der Waals surface area contributed by atoms with Gasteiger partial charge in [-0.1, -0.05) is 0 Å². The number of carbonyl (C=O) groups is 1. The van der Waals surface area contributed by atoms with Crippen LogP contribution in [-0.2, 0) is 14.8 Å². The SMILES string of the molecule is CCS(=O)(=O)NC1CCN(C(=O)CC2(N)CCC2)CC1. The molecular weight excluding hydrogens is 278 g/mol. The number of carbonyl (C=O) groups excluding carboxylic acids is 1. The van der Waals surface area contributed by atoms with E-state index in [0.29, 0.717) is 32.4 Å². The molecule has 3 N–H and O–H groups in total. The molecule has 0 unspecified atom stereocenters. The van der Waals surface area contributed by atoms with E-state index >= 15 is 0 Å². The average Bonchev–Trinajstić information content (AvgIpc) is 2.37. The number of amides is 1. The number of hydrogen-bond acceptors (Lipinski definition) is 4. The van der Waals surface area contributed by atoms with Gasteiger partial charge < -0.3 is 10.6 Å². The predicted octanol–water partition coefficient (Wildman–Crippen LogP) is 0.188. The van der Waals surface area contributed by atoms with Crippen LogP contribution < -0.4 is 10.5 Å². The number of likely N-dealkylation sites (tertiary alicyclic amines) is 1. The lowest BCUT2D eigenvalue weighted by Crippen LogP contribution is -2.52. The Morgan fingerprint density at radius 1 is 1.35 bits per heavy atom. The molecule has 1 saturated heterocycles. The van der Waals surface area contributed by atoms with Crippen molar-refractivity contribution in [1.29, 1.82) is 0 Å². The Morgan fingerprint density at radius 3 is 2.40 bits per heavy atom. The van der Waals surface area contributed by atoms with Gasteiger partial charge in [-0.3, -0.25) is 4.79 Å². The Bertz CT molecular complexity index is 451. The average molecular weight is 303 g/mol. The Labute approximate surface area is 121 Å². The quantitative estimate of drug-likeness (QED) is 0.758. The molecular formula is C13H25N3O3S. The maximum Gasteiger partial charge on any atom is 0.224 e. The van der Waals surface area contributed by atoms with E-state index in [-0.39, 0.29) is 23.2 Å². The van der Waals surface area contributed by atoms with Crippen LogP contribution >= 0.6 is 0 Å². The zero-order chi connectivity index (χ0) is 14.8. The van der Waals surface area contributed by atoms with Gasteiger partial charge in [-0.15, -0.1) is 0 Å². The summed E-state index contributed by atoms with van der Waals surface area (Å²) in [7, 11) is -3.15. The minimum atomic E-state index is -3.15. The van der Waals surface area contributed by atoms with Crippen molar-refractivity contribution in [3.05, 3.63) is 0 Å². The minimum Gasteiger partial charge on any atom is -0.343 e. The molecule has 0 aromatic carbocycles. The topological polar surface area (TPSA) is 92.5 Å². The number of piperidine rings is 1. The third-order valence-electron chi connectivity index (χ3n) is 4.43. The zero-order valence-electron chi connectivity index (χ0n) is 12.1. The van der Waals surface area contributed by atoms with Gasteiger partial charge in [0.2, 0.25) is 15.9 Å². The number of nitrogens with zero attached hydrogens (tertiary/aromatic N) is 1. The summed E-state index contributed by atoms with van der Waals surface area (Å²) in [5, 5.41) is 0. The van der Waals surface area contributed by atoms with Crippen molar-refractivity contribution in [1.82, 2.24) is 9.62 Å². The van der Waals surface area contributed by atoms with Crippen LogP contribution in [0, 0.1) is 0 Å². The van der Waals surface area contributed by atoms with Crippen LogP contribution in [0.1, 0.15) is 45.4 Å². The Balaban J connectivity index is 1.77. The summed E-state index contributed by atoms with van der Waals surface area (Å²) in [5.74, 6) is 0.214. The molecule has 0 radical (unpaired) electrons. The maximum atomic E-state index is 12.2. The summed E-state index contributed by atoms with van der Waals surface area (Å²) in [4.78, 5) is 14.0. The van der Waals surface area contributed by atoms with E-state index in [1.165, 1.54) is 0 Å². The van der Waals surface area contributed by atoms with Gasteiger partial charge in [0.15, 0.2) is 0 Å². The molecule has 0 bridgehead atoms. The van der Waals surface area contributed by atoms with Crippen molar-refractivity contribution >= 4 is 15.9 Å². The standard InChI is InChI=1S/C13H25N3O3S/c1-2-20(18,19)15-11-4-8-16(9-5-11)12(17)10-13(14)6-3-7-13/h11,15H,2-10,14H2,1H3. The van der Waals surface area contributed by atoms with E-state index in [4.69, 9.17) is 5.73 Å². The van der Waals surface area contributed by atoms with Crippen molar-refractivity contribution in [2.75, 3.05) is 18.8 Å². The second-order valence-electron chi connectivity index (χ2n) is 6.07. The second-order valence-corrected chi connectivity index (χ2v) is 8.11. The molecule has 7 heteroatoms. The van der Waals surface area contributed by atoms with Gasteiger partial charge in [0.05, 0.1) is 5.75 Å². The third-order valence-corrected chi connectivity index (χ3v) is 5.88. The monoisotopic (exact) mass is 303 g/mol. The van der Waals surface area contributed by atoms with Gasteiger partial charge in [0.25, 0.3) is 0 Å². The molecule has 1 amide bonds. The molecule has 6 nitrogen and oxygen atoms in total. The largest absolute Gasteiger partial charge is 0.343 e. The number of hydrogen-bond donors (Lipinski definition) is 2. The fourth-order valence-corrected chi connectivity index (χ4v) is 3.71. The van der Waals surface area contributed by atoms with Crippen molar-refractivity contribution in [3.8, 4) is 0 Å². The van der Waals surface area contributed by atoms with E-state index in [0.717, 1.165) is 19.3 Å². The lowest BCUT2D eigenvalue weighted by atomic mass is 9.75. The lowest BCUT2D eigenvalue weighted by Gasteiger charge is -2.40. The second kappa shape index (κ2) is 5.99. The van der Waals surface area contributed by atoms with E-state index in [1.54, 1.807) is 6.92 Å². The molecule has 2 rings (SSSR count). The van der Waals surface area contributed by atoms with Gasteiger partial charge >= 0.3 is 0 Å². The fourth-order valence-electron chi connectivity index (χ4n) is 2.80. The maximum absolute atomic E-state index is 12.2. The van der Waals surface area contributed by atoms with Gasteiger partial charge in [-0.2, -0.15) is 0 Å². The number of nitrogens with two attached hydrogens (primary N) is 1. The van der Waals surface area contributed by atoms with Gasteiger partial charge in [0.1, 0.15) is 0 Å². The van der Waals surface area contributed by atoms with Crippen molar-refractivity contribution < 1.29 is 13.2 Å². The highest BCUT2D eigenvalue weighted by Gasteiger charge is 2.36. The third kappa shape index (κ3) is 3.93. The first-order valence-electron chi connectivity index (χ1n) is 7.40. The van der Waals surface area contributed by atoms with Crippen LogP contribution in [0.3, 0.4) is 0 Å². The first kappa shape index (κ1) is 15.7. The molecule has 2 aliphatic rings. The predicted molar refractivity (Wildman–Crippen MR) is 77.6 cm³/mol. The van der Waals surface area contributed by atoms with E-state index in [1.807, 2.05) is 4.90 Å². The molecule has 0 aromatic rings. The molecule has 116 valence electrons. The summed E-state index contributed by atoms with van der Waals surface area (Å²) in [5.41, 5.74) is 5.82. The van der Waals surface area contributed by atoms with E-state index < -0.39 is 10.0 Å². The van der Waals surface area contributed by atoms with Gasteiger partial charge in [0, 0.05) is 31.1 Å². The number of rotatable bonds is 5. The lowest BCUT2D eigenvalue weighted by molar-refractivity contribution is -0.134. The Morgan fingerprint density at radius 2 is 1.95 bits per heavy atom. The van der Waals surface area contributed by atoms with Crippen LogP contribution in [0.4, 0.5) is 0 Å². The summed E-state index contributed by atoms with van der Waals surface area (Å²) >= 11 is 0. The first-order chi connectivity index (χ1) is 9.34.